The summed E-state index contributed by atoms with van der Waals surface area (Å²) in [5.74, 6) is 0.491. The van der Waals surface area contributed by atoms with Gasteiger partial charge in [0.1, 0.15) is 0 Å². The lowest BCUT2D eigenvalue weighted by Crippen LogP contribution is -2.64. The first-order valence-corrected chi connectivity index (χ1v) is 10.9. The number of halogens is 1. The standard InChI is InChI=1S/C21H27BrN6O2/c1-14(2)12-28-17-18(25(3)21(30)24-19(17)29)23-20(28)27-10-8-26(9-11-27)13-15-4-6-16(22)7-5-15/h4-7,17-18H,1,8-13H2,2-3H3,(H,24,29,30). The summed E-state index contributed by atoms with van der Waals surface area (Å²) < 4.78 is 1.09. The molecular weight excluding hydrogens is 448 g/mol. The van der Waals surface area contributed by atoms with E-state index in [1.165, 1.54) is 10.5 Å². The third-order valence-corrected chi connectivity index (χ3v) is 6.28. The van der Waals surface area contributed by atoms with E-state index in [0.29, 0.717) is 6.54 Å². The van der Waals surface area contributed by atoms with Crippen LogP contribution in [0.15, 0.2) is 45.9 Å². The molecule has 0 spiro atoms. The summed E-state index contributed by atoms with van der Waals surface area (Å²) in [4.78, 5) is 37.6. The summed E-state index contributed by atoms with van der Waals surface area (Å²) in [7, 11) is 1.68. The molecule has 2 saturated heterocycles. The average molecular weight is 475 g/mol. The molecule has 3 aliphatic heterocycles. The molecule has 0 aliphatic carbocycles. The third-order valence-electron chi connectivity index (χ3n) is 5.75. The second-order valence-corrected chi connectivity index (χ2v) is 9.08. The van der Waals surface area contributed by atoms with Gasteiger partial charge in [0, 0.05) is 50.8 Å². The molecule has 1 N–H and O–H groups in total. The Balaban J connectivity index is 1.47. The molecule has 0 saturated carbocycles. The van der Waals surface area contributed by atoms with E-state index in [1.54, 1.807) is 7.05 Å². The highest BCUT2D eigenvalue weighted by atomic mass is 79.9. The number of piperazine rings is 1. The van der Waals surface area contributed by atoms with E-state index in [4.69, 9.17) is 4.99 Å². The maximum absolute atomic E-state index is 12.6. The number of aliphatic imine (C=N–C) groups is 1. The number of guanidine groups is 1. The molecule has 0 bridgehead atoms. The lowest BCUT2D eigenvalue weighted by Gasteiger charge is -2.40. The molecule has 3 heterocycles. The SMILES string of the molecule is C=C(C)CN1C(N2CCN(Cc3ccc(Br)cc3)CC2)=NC2C1C(=O)NC(=O)N2C. The fourth-order valence-electron chi connectivity index (χ4n) is 4.19. The van der Waals surface area contributed by atoms with Crippen molar-refractivity contribution in [1.82, 2.24) is 24.9 Å². The number of benzene rings is 1. The van der Waals surface area contributed by atoms with Crippen molar-refractivity contribution in [2.45, 2.75) is 25.7 Å². The van der Waals surface area contributed by atoms with Gasteiger partial charge in [0.2, 0.25) is 0 Å². The first-order chi connectivity index (χ1) is 14.3. The molecule has 8 nitrogen and oxygen atoms in total. The zero-order chi connectivity index (χ0) is 21.4. The van der Waals surface area contributed by atoms with Crippen molar-refractivity contribution < 1.29 is 9.59 Å². The summed E-state index contributed by atoms with van der Waals surface area (Å²) in [6.45, 7) is 10.9. The molecule has 1 aromatic rings. The van der Waals surface area contributed by atoms with E-state index in [1.807, 2.05) is 11.8 Å². The van der Waals surface area contributed by atoms with Gasteiger partial charge in [0.15, 0.2) is 18.2 Å². The highest BCUT2D eigenvalue weighted by Gasteiger charge is 2.49. The molecule has 3 amide bonds. The predicted molar refractivity (Wildman–Crippen MR) is 119 cm³/mol. The van der Waals surface area contributed by atoms with Crippen LogP contribution in [0.2, 0.25) is 0 Å². The molecule has 160 valence electrons. The summed E-state index contributed by atoms with van der Waals surface area (Å²) >= 11 is 3.48. The second kappa shape index (κ2) is 8.39. The van der Waals surface area contributed by atoms with Gasteiger partial charge in [-0.25, -0.2) is 9.79 Å². The highest BCUT2D eigenvalue weighted by molar-refractivity contribution is 9.10. The first-order valence-electron chi connectivity index (χ1n) is 10.1. The van der Waals surface area contributed by atoms with Crippen LogP contribution >= 0.6 is 15.9 Å². The van der Waals surface area contributed by atoms with E-state index in [2.05, 4.69) is 61.9 Å². The van der Waals surface area contributed by atoms with Gasteiger partial charge in [-0.15, -0.1) is 0 Å². The minimum Gasteiger partial charge on any atom is -0.340 e. The number of hydrogen-bond donors (Lipinski definition) is 1. The Hall–Kier alpha value is -2.39. The Morgan fingerprint density at radius 2 is 1.87 bits per heavy atom. The average Bonchev–Trinajstić information content (AvgIpc) is 3.08. The highest BCUT2D eigenvalue weighted by Crippen LogP contribution is 2.26. The normalized spacial score (nSPS) is 24.6. The van der Waals surface area contributed by atoms with Crippen molar-refractivity contribution in [3.63, 3.8) is 0 Å². The van der Waals surface area contributed by atoms with Gasteiger partial charge < -0.3 is 14.7 Å². The van der Waals surface area contributed by atoms with Gasteiger partial charge in [-0.2, -0.15) is 0 Å². The van der Waals surface area contributed by atoms with Crippen LogP contribution in [0.1, 0.15) is 12.5 Å². The van der Waals surface area contributed by atoms with Crippen molar-refractivity contribution in [3.8, 4) is 0 Å². The van der Waals surface area contributed by atoms with Gasteiger partial charge in [0.25, 0.3) is 5.91 Å². The van der Waals surface area contributed by atoms with Gasteiger partial charge in [0.05, 0.1) is 0 Å². The maximum Gasteiger partial charge on any atom is 0.325 e. The van der Waals surface area contributed by atoms with E-state index in [9.17, 15) is 9.59 Å². The van der Waals surface area contributed by atoms with Gasteiger partial charge in [-0.05, 0) is 24.6 Å². The number of likely N-dealkylation sites (N-methyl/N-ethyl adjacent to an activating group) is 1. The molecule has 9 heteroatoms. The maximum atomic E-state index is 12.6. The zero-order valence-electron chi connectivity index (χ0n) is 17.3. The quantitative estimate of drug-likeness (QED) is 0.672. The number of imide groups is 1. The summed E-state index contributed by atoms with van der Waals surface area (Å²) in [6.07, 6.45) is -0.499. The number of carbonyl (C=O) groups is 2. The van der Waals surface area contributed by atoms with Crippen molar-refractivity contribution in [2.24, 2.45) is 4.99 Å². The Kier molecular flexibility index (Phi) is 5.84. The van der Waals surface area contributed by atoms with E-state index < -0.39 is 18.2 Å². The minimum absolute atomic E-state index is 0.294. The Bertz CT molecular complexity index is 878. The lowest BCUT2D eigenvalue weighted by molar-refractivity contribution is -0.127. The van der Waals surface area contributed by atoms with Crippen LogP contribution in [-0.4, -0.2) is 89.5 Å². The number of nitrogens with one attached hydrogen (secondary N) is 1. The number of rotatable bonds is 4. The molecule has 2 unspecified atom stereocenters. The zero-order valence-corrected chi connectivity index (χ0v) is 18.9. The van der Waals surface area contributed by atoms with E-state index in [-0.39, 0.29) is 5.91 Å². The van der Waals surface area contributed by atoms with Crippen molar-refractivity contribution in [2.75, 3.05) is 39.8 Å². The minimum atomic E-state index is -0.514. The number of carbonyl (C=O) groups excluding carboxylic acids is 2. The molecule has 30 heavy (non-hydrogen) atoms. The Morgan fingerprint density at radius 3 is 2.50 bits per heavy atom. The molecule has 1 aromatic carbocycles. The van der Waals surface area contributed by atoms with Crippen LogP contribution in [0.4, 0.5) is 4.79 Å². The van der Waals surface area contributed by atoms with E-state index in [0.717, 1.165) is 48.7 Å². The Morgan fingerprint density at radius 1 is 1.20 bits per heavy atom. The number of amides is 3. The summed E-state index contributed by atoms with van der Waals surface area (Å²) in [6, 6.07) is 7.50. The largest absolute Gasteiger partial charge is 0.340 e. The first kappa shape index (κ1) is 20.9. The van der Waals surface area contributed by atoms with E-state index >= 15 is 0 Å². The topological polar surface area (TPSA) is 71.5 Å². The lowest BCUT2D eigenvalue weighted by atomic mass is 10.1. The van der Waals surface area contributed by atoms with Gasteiger partial charge in [-0.1, -0.05) is 40.2 Å². The second-order valence-electron chi connectivity index (χ2n) is 8.17. The number of hydrogen-bond acceptors (Lipinski definition) is 6. The monoisotopic (exact) mass is 474 g/mol. The van der Waals surface area contributed by atoms with Crippen molar-refractivity contribution in [3.05, 3.63) is 46.5 Å². The molecule has 3 aliphatic rings. The van der Waals surface area contributed by atoms with Gasteiger partial charge >= 0.3 is 6.03 Å². The number of nitrogens with zero attached hydrogens (tertiary/aromatic N) is 5. The van der Waals surface area contributed by atoms with Crippen molar-refractivity contribution in [1.29, 1.82) is 0 Å². The van der Waals surface area contributed by atoms with Crippen molar-refractivity contribution >= 4 is 33.8 Å². The molecule has 4 rings (SSSR count). The molecule has 0 aromatic heterocycles. The number of fused-ring (bicyclic) bond motifs is 1. The third kappa shape index (κ3) is 4.09. The Labute approximate surface area is 185 Å². The van der Waals surface area contributed by atoms with Crippen LogP contribution in [0.5, 0.6) is 0 Å². The fraction of sp³-hybridized carbons (Fsp3) is 0.476. The molecular formula is C21H27BrN6O2. The van der Waals surface area contributed by atoms with Crippen LogP contribution < -0.4 is 5.32 Å². The van der Waals surface area contributed by atoms with Crippen LogP contribution in [-0.2, 0) is 11.3 Å². The molecule has 0 radical (unpaired) electrons. The smallest absolute Gasteiger partial charge is 0.325 e. The summed E-state index contributed by atoms with van der Waals surface area (Å²) in [5.41, 5.74) is 2.24. The summed E-state index contributed by atoms with van der Waals surface area (Å²) in [5, 5.41) is 2.44. The van der Waals surface area contributed by atoms with Crippen LogP contribution in [0.25, 0.3) is 0 Å². The van der Waals surface area contributed by atoms with Crippen LogP contribution in [0.3, 0.4) is 0 Å². The predicted octanol–water partition coefficient (Wildman–Crippen LogP) is 1.69. The molecule has 2 atom stereocenters. The van der Waals surface area contributed by atoms with Gasteiger partial charge in [-0.3, -0.25) is 15.0 Å². The van der Waals surface area contributed by atoms with Crippen LogP contribution in [0, 0.1) is 0 Å². The molecule has 2 fully saturated rings. The number of urea groups is 1. The fourth-order valence-corrected chi connectivity index (χ4v) is 4.45.